The fourth-order valence-corrected chi connectivity index (χ4v) is 2.22. The Bertz CT molecular complexity index is 349. The SMILES string of the molecule is CNC(C)(CO)CC(C)N(C)CCc1ccccc1. The predicted octanol–water partition coefficient (Wildman–Crippen LogP) is 1.91. The summed E-state index contributed by atoms with van der Waals surface area (Å²) in [5, 5.41) is 12.7. The zero-order chi connectivity index (χ0) is 14.3. The molecule has 0 heterocycles. The highest BCUT2D eigenvalue weighted by Crippen LogP contribution is 2.15. The quantitative estimate of drug-likeness (QED) is 0.753. The molecule has 2 N–H and O–H groups in total. The van der Waals surface area contributed by atoms with Gasteiger partial charge >= 0.3 is 0 Å². The molecule has 0 bridgehead atoms. The fourth-order valence-electron chi connectivity index (χ4n) is 2.22. The van der Waals surface area contributed by atoms with E-state index in [1.165, 1.54) is 5.56 Å². The van der Waals surface area contributed by atoms with Crippen molar-refractivity contribution in [2.45, 2.75) is 38.3 Å². The van der Waals surface area contributed by atoms with E-state index >= 15 is 0 Å². The molecule has 0 radical (unpaired) electrons. The van der Waals surface area contributed by atoms with Crippen LogP contribution in [-0.4, -0.2) is 48.8 Å². The lowest BCUT2D eigenvalue weighted by Crippen LogP contribution is -2.48. The van der Waals surface area contributed by atoms with E-state index in [9.17, 15) is 5.11 Å². The molecule has 0 saturated carbocycles. The van der Waals surface area contributed by atoms with Crippen LogP contribution in [0.15, 0.2) is 30.3 Å². The maximum absolute atomic E-state index is 9.44. The zero-order valence-electron chi connectivity index (χ0n) is 12.7. The summed E-state index contributed by atoms with van der Waals surface area (Å²) in [5.41, 5.74) is 1.18. The van der Waals surface area contributed by atoms with Gasteiger partial charge in [0.2, 0.25) is 0 Å². The number of nitrogens with one attached hydrogen (secondary N) is 1. The molecule has 0 fully saturated rings. The van der Waals surface area contributed by atoms with Crippen LogP contribution in [0, 0.1) is 0 Å². The molecule has 2 atom stereocenters. The Kier molecular flexibility index (Phi) is 6.49. The molecular formula is C16H28N2O. The lowest BCUT2D eigenvalue weighted by Gasteiger charge is -2.34. The smallest absolute Gasteiger partial charge is 0.0611 e. The molecule has 3 nitrogen and oxygen atoms in total. The van der Waals surface area contributed by atoms with Gasteiger partial charge < -0.3 is 15.3 Å². The highest BCUT2D eigenvalue weighted by Gasteiger charge is 2.25. The average Bonchev–Trinajstić information content (AvgIpc) is 2.45. The second-order valence-corrected chi connectivity index (χ2v) is 5.74. The summed E-state index contributed by atoms with van der Waals surface area (Å²) in [6.45, 7) is 5.49. The van der Waals surface area contributed by atoms with Gasteiger partial charge in [0, 0.05) is 18.1 Å². The summed E-state index contributed by atoms with van der Waals surface area (Å²) in [7, 11) is 4.06. The van der Waals surface area contributed by atoms with Crippen molar-refractivity contribution < 1.29 is 5.11 Å². The minimum atomic E-state index is -0.194. The maximum atomic E-state index is 9.44. The lowest BCUT2D eigenvalue weighted by molar-refractivity contribution is 0.133. The molecule has 108 valence electrons. The van der Waals surface area contributed by atoms with Gasteiger partial charge in [0.1, 0.15) is 0 Å². The summed E-state index contributed by atoms with van der Waals surface area (Å²) < 4.78 is 0. The topological polar surface area (TPSA) is 35.5 Å². The molecule has 0 spiro atoms. The molecule has 0 saturated heterocycles. The van der Waals surface area contributed by atoms with E-state index in [-0.39, 0.29) is 12.1 Å². The van der Waals surface area contributed by atoms with Crippen molar-refractivity contribution >= 4 is 0 Å². The second kappa shape index (κ2) is 7.63. The first-order chi connectivity index (χ1) is 9.00. The third-order valence-electron chi connectivity index (χ3n) is 4.05. The van der Waals surface area contributed by atoms with Crippen LogP contribution in [0.25, 0.3) is 0 Å². The van der Waals surface area contributed by atoms with Gasteiger partial charge in [-0.1, -0.05) is 30.3 Å². The Morgan fingerprint density at radius 1 is 1.32 bits per heavy atom. The molecule has 0 aliphatic rings. The van der Waals surface area contributed by atoms with Crippen molar-refractivity contribution in [3.63, 3.8) is 0 Å². The van der Waals surface area contributed by atoms with E-state index in [0.29, 0.717) is 6.04 Å². The highest BCUT2D eigenvalue weighted by atomic mass is 16.3. The number of hydrogen-bond donors (Lipinski definition) is 2. The average molecular weight is 264 g/mol. The number of likely N-dealkylation sites (N-methyl/N-ethyl adjacent to an activating group) is 2. The van der Waals surface area contributed by atoms with E-state index in [1.807, 2.05) is 7.05 Å². The van der Waals surface area contributed by atoms with Crippen LogP contribution in [0.3, 0.4) is 0 Å². The Labute approximate surface area is 117 Å². The number of aliphatic hydroxyl groups is 1. The number of hydrogen-bond acceptors (Lipinski definition) is 3. The summed E-state index contributed by atoms with van der Waals surface area (Å²) in [6.07, 6.45) is 2.00. The summed E-state index contributed by atoms with van der Waals surface area (Å²) in [4.78, 5) is 2.36. The molecule has 0 aliphatic heterocycles. The Balaban J connectivity index is 2.42. The first kappa shape index (κ1) is 16.2. The molecule has 1 rings (SSSR count). The third kappa shape index (κ3) is 5.31. The first-order valence-electron chi connectivity index (χ1n) is 7.04. The van der Waals surface area contributed by atoms with Crippen LogP contribution in [0.4, 0.5) is 0 Å². The molecule has 0 aliphatic carbocycles. The molecule has 1 aromatic rings. The van der Waals surface area contributed by atoms with E-state index in [0.717, 1.165) is 19.4 Å². The van der Waals surface area contributed by atoms with Crippen molar-refractivity contribution in [2.75, 3.05) is 27.2 Å². The molecule has 1 aromatic carbocycles. The Hall–Kier alpha value is -0.900. The van der Waals surface area contributed by atoms with Crippen molar-refractivity contribution in [1.82, 2.24) is 10.2 Å². The highest BCUT2D eigenvalue weighted by molar-refractivity contribution is 5.14. The van der Waals surface area contributed by atoms with Crippen molar-refractivity contribution in [2.24, 2.45) is 0 Å². The van der Waals surface area contributed by atoms with Crippen LogP contribution in [0.1, 0.15) is 25.8 Å². The van der Waals surface area contributed by atoms with Gasteiger partial charge in [-0.15, -0.1) is 0 Å². The van der Waals surface area contributed by atoms with Crippen LogP contribution in [0.2, 0.25) is 0 Å². The standard InChI is InChI=1S/C16H28N2O/c1-14(12-16(2,13-19)17-3)18(4)11-10-15-8-6-5-7-9-15/h5-9,14,17,19H,10-13H2,1-4H3. The molecule has 2 unspecified atom stereocenters. The normalized spacial score (nSPS) is 16.3. The van der Waals surface area contributed by atoms with E-state index in [2.05, 4.69) is 61.4 Å². The van der Waals surface area contributed by atoms with Gasteiger partial charge in [-0.3, -0.25) is 0 Å². The Morgan fingerprint density at radius 2 is 1.95 bits per heavy atom. The number of nitrogens with zero attached hydrogens (tertiary/aromatic N) is 1. The minimum Gasteiger partial charge on any atom is -0.394 e. The summed E-state index contributed by atoms with van der Waals surface area (Å²) in [5.74, 6) is 0. The third-order valence-corrected chi connectivity index (χ3v) is 4.05. The fraction of sp³-hybridized carbons (Fsp3) is 0.625. The number of benzene rings is 1. The monoisotopic (exact) mass is 264 g/mol. The van der Waals surface area contributed by atoms with Gasteiger partial charge in [0.25, 0.3) is 0 Å². The van der Waals surface area contributed by atoms with Crippen molar-refractivity contribution in [3.8, 4) is 0 Å². The van der Waals surface area contributed by atoms with Crippen molar-refractivity contribution in [3.05, 3.63) is 35.9 Å². The van der Waals surface area contributed by atoms with Gasteiger partial charge in [-0.05, 0) is 46.3 Å². The van der Waals surface area contributed by atoms with Gasteiger partial charge in [-0.25, -0.2) is 0 Å². The second-order valence-electron chi connectivity index (χ2n) is 5.74. The predicted molar refractivity (Wildman–Crippen MR) is 81.4 cm³/mol. The van der Waals surface area contributed by atoms with Gasteiger partial charge in [-0.2, -0.15) is 0 Å². The van der Waals surface area contributed by atoms with Crippen LogP contribution in [0.5, 0.6) is 0 Å². The molecule has 0 amide bonds. The minimum absolute atomic E-state index is 0.167. The van der Waals surface area contributed by atoms with E-state index in [4.69, 9.17) is 0 Å². The Morgan fingerprint density at radius 3 is 2.47 bits per heavy atom. The van der Waals surface area contributed by atoms with Crippen LogP contribution >= 0.6 is 0 Å². The molecule has 3 heteroatoms. The largest absolute Gasteiger partial charge is 0.394 e. The molecule has 0 aromatic heterocycles. The molecular weight excluding hydrogens is 236 g/mol. The number of rotatable bonds is 8. The molecule has 19 heavy (non-hydrogen) atoms. The first-order valence-corrected chi connectivity index (χ1v) is 7.04. The summed E-state index contributed by atoms with van der Waals surface area (Å²) >= 11 is 0. The summed E-state index contributed by atoms with van der Waals surface area (Å²) in [6, 6.07) is 11.0. The van der Waals surface area contributed by atoms with Crippen LogP contribution in [-0.2, 0) is 6.42 Å². The maximum Gasteiger partial charge on any atom is 0.0611 e. The van der Waals surface area contributed by atoms with Gasteiger partial charge in [0.05, 0.1) is 6.61 Å². The van der Waals surface area contributed by atoms with E-state index < -0.39 is 0 Å². The lowest BCUT2D eigenvalue weighted by atomic mass is 9.94. The van der Waals surface area contributed by atoms with Gasteiger partial charge in [0.15, 0.2) is 0 Å². The zero-order valence-corrected chi connectivity index (χ0v) is 12.7. The number of aliphatic hydroxyl groups excluding tert-OH is 1. The van der Waals surface area contributed by atoms with Crippen molar-refractivity contribution in [1.29, 1.82) is 0 Å². The van der Waals surface area contributed by atoms with Crippen LogP contribution < -0.4 is 5.32 Å². The van der Waals surface area contributed by atoms with E-state index in [1.54, 1.807) is 0 Å².